The summed E-state index contributed by atoms with van der Waals surface area (Å²) in [7, 11) is 2.28. The van der Waals surface area contributed by atoms with Crippen molar-refractivity contribution < 1.29 is 17.6 Å². The summed E-state index contributed by atoms with van der Waals surface area (Å²) in [6.07, 6.45) is 1.07. The van der Waals surface area contributed by atoms with Crippen molar-refractivity contribution in [3.63, 3.8) is 0 Å². The highest BCUT2D eigenvalue weighted by molar-refractivity contribution is 7.90. The fourth-order valence-corrected chi connectivity index (χ4v) is 4.15. The first kappa shape index (κ1) is 16.8. The molecule has 0 saturated heterocycles. The largest absolute Gasteiger partial charge is 0.497 e. The number of fused-ring (bicyclic) bond motifs is 2. The molecule has 6 nitrogen and oxygen atoms in total. The third-order valence-corrected chi connectivity index (χ3v) is 5.98. The molecule has 136 valence electrons. The fraction of sp³-hybridized carbons (Fsp3) is 0.263. The van der Waals surface area contributed by atoms with Gasteiger partial charge in [-0.15, -0.1) is 0 Å². The zero-order chi connectivity index (χ0) is 18.6. The van der Waals surface area contributed by atoms with E-state index in [1.807, 2.05) is 49.3 Å². The number of hydrogen-bond donors (Lipinski definition) is 0. The van der Waals surface area contributed by atoms with E-state index >= 15 is 0 Å². The molecule has 0 amide bonds. The summed E-state index contributed by atoms with van der Waals surface area (Å²) >= 11 is 0. The van der Waals surface area contributed by atoms with E-state index in [1.54, 1.807) is 19.2 Å². The number of sulfone groups is 1. The molecule has 0 N–H and O–H groups in total. The smallest absolute Gasteiger partial charge is 0.175 e. The van der Waals surface area contributed by atoms with E-state index in [9.17, 15) is 8.42 Å². The highest BCUT2D eigenvalue weighted by Crippen LogP contribution is 2.46. The number of furan rings is 1. The van der Waals surface area contributed by atoms with Crippen LogP contribution in [0.15, 0.2) is 51.8 Å². The zero-order valence-electron chi connectivity index (χ0n) is 15.1. The molecule has 2 heterocycles. The summed E-state index contributed by atoms with van der Waals surface area (Å²) in [5.41, 5.74) is 2.58. The number of hydrogen-bond acceptors (Lipinski definition) is 6. The summed E-state index contributed by atoms with van der Waals surface area (Å²) in [5, 5.41) is 0.996. The second-order valence-electron chi connectivity index (χ2n) is 6.57. The molecule has 4 rings (SSSR count). The lowest BCUT2D eigenvalue weighted by molar-refractivity contribution is 0.414. The van der Waals surface area contributed by atoms with Gasteiger partial charge in [-0.3, -0.25) is 0 Å². The molecule has 0 spiro atoms. The van der Waals surface area contributed by atoms with Crippen molar-refractivity contribution in [2.45, 2.75) is 11.1 Å². The molecule has 1 aliphatic heterocycles. The minimum atomic E-state index is -3.26. The molecule has 0 saturated carbocycles. The van der Waals surface area contributed by atoms with Gasteiger partial charge in [0.25, 0.3) is 0 Å². The molecule has 0 unspecified atom stereocenters. The molecule has 0 bridgehead atoms. The van der Waals surface area contributed by atoms with Gasteiger partial charge in [0.1, 0.15) is 17.1 Å². The quantitative estimate of drug-likeness (QED) is 0.702. The molecule has 0 fully saturated rings. The Kier molecular flexibility index (Phi) is 3.66. The van der Waals surface area contributed by atoms with Crippen molar-refractivity contribution in [1.82, 2.24) is 0 Å². The van der Waals surface area contributed by atoms with Gasteiger partial charge in [-0.1, -0.05) is 0 Å². The van der Waals surface area contributed by atoms with Gasteiger partial charge in [0, 0.05) is 31.8 Å². The minimum Gasteiger partial charge on any atom is -0.497 e. The van der Waals surface area contributed by atoms with Crippen LogP contribution in [0.5, 0.6) is 5.75 Å². The summed E-state index contributed by atoms with van der Waals surface area (Å²) in [6.45, 7) is 0. The first-order chi connectivity index (χ1) is 12.3. The number of anilines is 2. The summed E-state index contributed by atoms with van der Waals surface area (Å²) < 4.78 is 35.1. The van der Waals surface area contributed by atoms with E-state index < -0.39 is 9.84 Å². The van der Waals surface area contributed by atoms with Gasteiger partial charge >= 0.3 is 0 Å². The number of rotatable bonds is 3. The van der Waals surface area contributed by atoms with Crippen LogP contribution in [0.1, 0.15) is 11.9 Å². The Balaban J connectivity index is 1.78. The normalized spacial score (nSPS) is 17.0. The minimum absolute atomic E-state index is 0.154. The molecule has 1 aliphatic rings. The highest BCUT2D eigenvalue weighted by Gasteiger charge is 2.35. The number of ether oxygens (including phenoxy) is 1. The van der Waals surface area contributed by atoms with Crippen molar-refractivity contribution in [2.24, 2.45) is 0 Å². The van der Waals surface area contributed by atoms with Gasteiger partial charge < -0.3 is 19.0 Å². The third-order valence-electron chi connectivity index (χ3n) is 4.87. The third kappa shape index (κ3) is 2.50. The van der Waals surface area contributed by atoms with Crippen LogP contribution in [0.2, 0.25) is 0 Å². The Morgan fingerprint density at radius 2 is 1.73 bits per heavy atom. The van der Waals surface area contributed by atoms with Gasteiger partial charge in [-0.05, 0) is 36.4 Å². The average Bonchev–Trinajstić information content (AvgIpc) is 3.12. The molecule has 0 aliphatic carbocycles. The second-order valence-corrected chi connectivity index (χ2v) is 8.59. The number of methoxy groups -OCH3 is 1. The monoisotopic (exact) mass is 372 g/mol. The number of benzene rings is 2. The molecule has 3 aromatic rings. The maximum absolute atomic E-state index is 11.9. The molecule has 0 radical (unpaired) electrons. The van der Waals surface area contributed by atoms with E-state index in [2.05, 4.69) is 4.90 Å². The van der Waals surface area contributed by atoms with Crippen LogP contribution in [-0.2, 0) is 9.84 Å². The summed E-state index contributed by atoms with van der Waals surface area (Å²) in [4.78, 5) is 4.42. The Hall–Kier alpha value is -2.67. The van der Waals surface area contributed by atoms with E-state index in [4.69, 9.17) is 9.15 Å². The molecule has 1 atom stereocenters. The maximum Gasteiger partial charge on any atom is 0.175 e. The average molecular weight is 372 g/mol. The van der Waals surface area contributed by atoms with Gasteiger partial charge in [0.05, 0.1) is 23.4 Å². The van der Waals surface area contributed by atoms with Gasteiger partial charge in [0.2, 0.25) is 0 Å². The lowest BCUT2D eigenvalue weighted by Gasteiger charge is -2.25. The Labute approximate surface area is 152 Å². The first-order valence-electron chi connectivity index (χ1n) is 8.17. The molecular weight excluding hydrogens is 352 g/mol. The van der Waals surface area contributed by atoms with E-state index in [1.165, 1.54) is 6.26 Å². The second kappa shape index (κ2) is 5.67. The van der Waals surface area contributed by atoms with Crippen LogP contribution in [0.4, 0.5) is 11.4 Å². The Morgan fingerprint density at radius 3 is 2.42 bits per heavy atom. The predicted molar refractivity (Wildman–Crippen MR) is 102 cm³/mol. The molecule has 7 heteroatoms. The van der Waals surface area contributed by atoms with Gasteiger partial charge in [-0.2, -0.15) is 0 Å². The van der Waals surface area contributed by atoms with Crippen LogP contribution >= 0.6 is 0 Å². The van der Waals surface area contributed by atoms with Gasteiger partial charge in [-0.25, -0.2) is 8.42 Å². The van der Waals surface area contributed by atoms with Crippen molar-refractivity contribution in [1.29, 1.82) is 0 Å². The standard InChI is InChI=1S/C19H20N2O4S/c1-20-15-8-7-14(26(4,22)23)11-16(15)21(2)19(20)18-9-12-5-6-13(24-3)10-17(12)25-18/h5-11,19H,1-4H3/t19-/m0/s1. The van der Waals surface area contributed by atoms with E-state index in [0.717, 1.165) is 33.9 Å². The summed E-state index contributed by atoms with van der Waals surface area (Å²) in [6, 6.07) is 12.9. The molecule has 1 aromatic heterocycles. The van der Waals surface area contributed by atoms with Crippen molar-refractivity contribution in [2.75, 3.05) is 37.3 Å². The highest BCUT2D eigenvalue weighted by atomic mass is 32.2. The molecular formula is C19H20N2O4S. The summed E-state index contributed by atoms with van der Waals surface area (Å²) in [5.74, 6) is 1.53. The predicted octanol–water partition coefficient (Wildman–Crippen LogP) is 3.43. The van der Waals surface area contributed by atoms with Crippen molar-refractivity contribution in [3.05, 3.63) is 48.2 Å². The number of nitrogens with zero attached hydrogens (tertiary/aromatic N) is 2. The van der Waals surface area contributed by atoms with Crippen LogP contribution in [-0.4, -0.2) is 35.9 Å². The van der Waals surface area contributed by atoms with Crippen LogP contribution in [0.3, 0.4) is 0 Å². The van der Waals surface area contributed by atoms with E-state index in [-0.39, 0.29) is 6.17 Å². The first-order valence-corrected chi connectivity index (χ1v) is 10.1. The van der Waals surface area contributed by atoms with Crippen molar-refractivity contribution >= 4 is 32.2 Å². The lowest BCUT2D eigenvalue weighted by Crippen LogP contribution is -2.30. The zero-order valence-corrected chi connectivity index (χ0v) is 15.9. The van der Waals surface area contributed by atoms with Crippen LogP contribution in [0, 0.1) is 0 Å². The fourth-order valence-electron chi connectivity index (χ4n) is 3.51. The van der Waals surface area contributed by atoms with Gasteiger partial charge in [0.15, 0.2) is 16.0 Å². The SMILES string of the molecule is COc1ccc2cc([C@H]3N(C)c4ccc(S(C)(=O)=O)cc4N3C)oc2c1. The molecule has 26 heavy (non-hydrogen) atoms. The van der Waals surface area contributed by atoms with Crippen molar-refractivity contribution in [3.8, 4) is 5.75 Å². The lowest BCUT2D eigenvalue weighted by atomic mass is 10.2. The topological polar surface area (TPSA) is 63.0 Å². The molecule has 2 aromatic carbocycles. The van der Waals surface area contributed by atoms with E-state index in [0.29, 0.717) is 4.90 Å². The maximum atomic E-state index is 11.9. The Morgan fingerprint density at radius 1 is 1.00 bits per heavy atom. The van der Waals surface area contributed by atoms with Crippen LogP contribution in [0.25, 0.3) is 11.0 Å². The Bertz CT molecular complexity index is 1100. The van der Waals surface area contributed by atoms with Crippen LogP contribution < -0.4 is 14.5 Å².